The number of rotatable bonds is 13. The van der Waals surface area contributed by atoms with E-state index in [0.717, 1.165) is 5.56 Å². The van der Waals surface area contributed by atoms with Gasteiger partial charge in [0, 0.05) is 16.7 Å². The first kappa shape index (κ1) is 33.5. The first-order valence-corrected chi connectivity index (χ1v) is 17.4. The summed E-state index contributed by atoms with van der Waals surface area (Å²) in [6, 6.07) is 24.2. The predicted octanol–water partition coefficient (Wildman–Crippen LogP) is 4.99. The quantitative estimate of drug-likeness (QED) is 0.128. The van der Waals surface area contributed by atoms with Crippen LogP contribution in [-0.4, -0.2) is 63.0 Å². The largest absolute Gasteiger partial charge is 0.497 e. The van der Waals surface area contributed by atoms with Crippen LogP contribution in [0.4, 0.5) is 0 Å². The summed E-state index contributed by atoms with van der Waals surface area (Å²) < 4.78 is 71.9. The zero-order valence-corrected chi connectivity index (χ0v) is 28.8. The highest BCUT2D eigenvalue weighted by Gasteiger charge is 2.35. The average molecular weight is 776 g/mol. The molecule has 1 aromatic heterocycles. The Morgan fingerprint density at radius 3 is 1.72 bits per heavy atom. The summed E-state index contributed by atoms with van der Waals surface area (Å²) in [4.78, 5) is -0.642. The van der Waals surface area contributed by atoms with Crippen LogP contribution in [0, 0.1) is 3.57 Å². The molecule has 0 radical (unpaired) electrons. The van der Waals surface area contributed by atoms with Crippen LogP contribution < -0.4 is 14.2 Å². The van der Waals surface area contributed by atoms with Crippen molar-refractivity contribution >= 4 is 43.7 Å². The summed E-state index contributed by atoms with van der Waals surface area (Å²) in [5.74, 6) is 2.04. The molecular weight excluding hydrogens is 745 g/mol. The molecule has 5 rings (SSSR count). The summed E-state index contributed by atoms with van der Waals surface area (Å²) in [6.07, 6.45) is 0. The van der Waals surface area contributed by atoms with E-state index < -0.39 is 21.1 Å². The maximum Gasteiger partial charge on any atom is 0.245 e. The molecule has 1 N–H and O–H groups in total. The van der Waals surface area contributed by atoms with E-state index in [2.05, 4.69) is 15.5 Å². The van der Waals surface area contributed by atoms with Crippen LogP contribution in [0.2, 0.25) is 0 Å². The lowest BCUT2D eigenvalue weighted by molar-refractivity contribution is 0.396. The fourth-order valence-electron chi connectivity index (χ4n) is 4.76. The topological polar surface area (TPSA) is 146 Å². The van der Waals surface area contributed by atoms with Gasteiger partial charge in [-0.2, -0.15) is 4.31 Å². The maximum absolute atomic E-state index is 14.9. The van der Waals surface area contributed by atoms with Crippen molar-refractivity contribution in [2.45, 2.75) is 29.4 Å². The smallest absolute Gasteiger partial charge is 0.245 e. The molecule has 1 atom stereocenters. The zero-order chi connectivity index (χ0) is 32.8. The number of ether oxygens (including phenoxy) is 3. The molecule has 0 aliphatic rings. The number of aromatic nitrogens is 4. The minimum absolute atomic E-state index is 0.0441. The first-order chi connectivity index (χ1) is 22.1. The van der Waals surface area contributed by atoms with Gasteiger partial charge in [0.05, 0.1) is 38.3 Å². The standard InChI is InChI=1S/C31H30IN5O7S2/c1-42-24-10-4-21(5-11-24)18-36(19-22-6-12-25(43-2)13-7-22)46(40,41)30-28(45(38)39)17-16-27(32)29(30)31-33-34-35-37(31)20-23-8-14-26(44-3)15-9-23/h4-17H,18-20H2,1-3H3,(H,38,39). The first-order valence-electron chi connectivity index (χ1n) is 13.7. The number of hydrogen-bond donors (Lipinski definition) is 1. The Labute approximate surface area is 282 Å². The van der Waals surface area contributed by atoms with E-state index in [1.807, 2.05) is 34.7 Å². The third-order valence-corrected chi connectivity index (χ3v) is 10.8. The van der Waals surface area contributed by atoms with Crippen molar-refractivity contribution in [3.05, 3.63) is 105 Å². The number of methoxy groups -OCH3 is 3. The van der Waals surface area contributed by atoms with E-state index in [-0.39, 0.29) is 40.8 Å². The van der Waals surface area contributed by atoms with Gasteiger partial charge in [-0.15, -0.1) is 5.10 Å². The third-order valence-electron chi connectivity index (χ3n) is 7.14. The van der Waals surface area contributed by atoms with Crippen molar-refractivity contribution in [1.29, 1.82) is 0 Å². The summed E-state index contributed by atoms with van der Waals surface area (Å²) in [7, 11) is 0.174. The van der Waals surface area contributed by atoms with Crippen LogP contribution in [-0.2, 0) is 40.7 Å². The molecule has 12 nitrogen and oxygen atoms in total. The molecule has 1 unspecified atom stereocenters. The average Bonchev–Trinajstić information content (AvgIpc) is 3.52. The Balaban J connectivity index is 1.65. The minimum atomic E-state index is -4.49. The Kier molecular flexibility index (Phi) is 10.7. The molecule has 0 spiro atoms. The predicted molar refractivity (Wildman–Crippen MR) is 180 cm³/mol. The van der Waals surface area contributed by atoms with E-state index in [0.29, 0.717) is 31.9 Å². The monoisotopic (exact) mass is 775 g/mol. The van der Waals surface area contributed by atoms with Crippen LogP contribution in [0.5, 0.6) is 17.2 Å². The van der Waals surface area contributed by atoms with Gasteiger partial charge in [0.1, 0.15) is 22.1 Å². The molecule has 5 aromatic rings. The highest BCUT2D eigenvalue weighted by atomic mass is 127. The van der Waals surface area contributed by atoms with E-state index in [4.69, 9.17) is 14.2 Å². The molecular formula is C31H30IN5O7S2. The molecule has 0 saturated carbocycles. The maximum atomic E-state index is 14.9. The van der Waals surface area contributed by atoms with Gasteiger partial charge in [0.15, 0.2) is 16.9 Å². The molecule has 0 fully saturated rings. The number of hydrogen-bond acceptors (Lipinski definition) is 9. The van der Waals surface area contributed by atoms with Crippen molar-refractivity contribution in [3.8, 4) is 28.6 Å². The molecule has 46 heavy (non-hydrogen) atoms. The van der Waals surface area contributed by atoms with Crippen molar-refractivity contribution < 1.29 is 31.4 Å². The molecule has 0 amide bonds. The van der Waals surface area contributed by atoms with Gasteiger partial charge in [-0.1, -0.05) is 36.4 Å². The molecule has 1 heterocycles. The molecule has 0 aliphatic heterocycles. The summed E-state index contributed by atoms with van der Waals surface area (Å²) >= 11 is -0.674. The van der Waals surface area contributed by atoms with Crippen LogP contribution >= 0.6 is 22.6 Å². The second-order valence-electron chi connectivity index (χ2n) is 9.98. The normalized spacial score (nSPS) is 12.2. The van der Waals surface area contributed by atoms with Crippen molar-refractivity contribution in [2.75, 3.05) is 21.3 Å². The molecule has 15 heteroatoms. The lowest BCUT2D eigenvalue weighted by atomic mass is 10.2. The molecule has 4 aromatic carbocycles. The van der Waals surface area contributed by atoms with Crippen LogP contribution in [0.15, 0.2) is 94.7 Å². The summed E-state index contributed by atoms with van der Waals surface area (Å²) in [6.45, 7) is 0.116. The van der Waals surface area contributed by atoms with E-state index in [1.165, 1.54) is 15.1 Å². The number of tetrazole rings is 1. The Hall–Kier alpha value is -3.90. The lowest BCUT2D eigenvalue weighted by Crippen LogP contribution is -2.32. The fourth-order valence-corrected chi connectivity index (χ4v) is 8.29. The minimum Gasteiger partial charge on any atom is -0.497 e. The van der Waals surface area contributed by atoms with Crippen LogP contribution in [0.3, 0.4) is 0 Å². The molecule has 0 bridgehead atoms. The van der Waals surface area contributed by atoms with E-state index >= 15 is 0 Å². The van der Waals surface area contributed by atoms with E-state index in [9.17, 15) is 17.2 Å². The summed E-state index contributed by atoms with van der Waals surface area (Å²) in [5, 5.41) is 12.2. The number of sulfonamides is 1. The molecule has 0 saturated heterocycles. The summed E-state index contributed by atoms with van der Waals surface area (Å²) in [5.41, 5.74) is 2.31. The Bertz CT molecular complexity index is 1890. The number of benzene rings is 4. The van der Waals surface area contributed by atoms with Crippen LogP contribution in [0.1, 0.15) is 16.7 Å². The lowest BCUT2D eigenvalue weighted by Gasteiger charge is -2.25. The second-order valence-corrected chi connectivity index (χ2v) is 14.0. The molecule has 0 aliphatic carbocycles. The van der Waals surface area contributed by atoms with Gasteiger partial charge in [-0.3, -0.25) is 0 Å². The SMILES string of the molecule is COc1ccc(CN(Cc2ccc(OC)cc2)S(=O)(=O)c2c(S(=O)O)ccc(I)c2-c2nnnn2Cc2ccc(OC)cc2)cc1. The van der Waals surface area contributed by atoms with Gasteiger partial charge < -0.3 is 18.8 Å². The van der Waals surface area contributed by atoms with Crippen LogP contribution in [0.25, 0.3) is 11.4 Å². The van der Waals surface area contributed by atoms with Crippen molar-refractivity contribution in [3.63, 3.8) is 0 Å². The van der Waals surface area contributed by atoms with E-state index in [1.54, 1.807) is 88.1 Å². The van der Waals surface area contributed by atoms with Crippen molar-refractivity contribution in [1.82, 2.24) is 24.5 Å². The highest BCUT2D eigenvalue weighted by molar-refractivity contribution is 14.1. The Morgan fingerprint density at radius 1 is 0.783 bits per heavy atom. The van der Waals surface area contributed by atoms with Gasteiger partial charge in [-0.25, -0.2) is 17.3 Å². The van der Waals surface area contributed by atoms with Crippen molar-refractivity contribution in [2.24, 2.45) is 0 Å². The molecule has 240 valence electrons. The van der Waals surface area contributed by atoms with Gasteiger partial charge >= 0.3 is 0 Å². The Morgan fingerprint density at radius 2 is 1.26 bits per heavy atom. The fraction of sp³-hybridized carbons (Fsp3) is 0.194. The number of halogens is 1. The van der Waals surface area contributed by atoms with Gasteiger partial charge in [0.25, 0.3) is 0 Å². The third kappa shape index (κ3) is 7.39. The highest BCUT2D eigenvalue weighted by Crippen LogP contribution is 2.37. The second kappa shape index (κ2) is 14.7. The zero-order valence-electron chi connectivity index (χ0n) is 25.0. The number of nitrogens with zero attached hydrogens (tertiary/aromatic N) is 5. The van der Waals surface area contributed by atoms with Gasteiger partial charge in [-0.05, 0) is 98.2 Å². The van der Waals surface area contributed by atoms with Gasteiger partial charge in [0.2, 0.25) is 10.0 Å².